The number of carbonyl (C=O) groups is 2. The van der Waals surface area contributed by atoms with Crippen molar-refractivity contribution in [3.05, 3.63) is 119 Å². The van der Waals surface area contributed by atoms with Crippen molar-refractivity contribution in [2.24, 2.45) is 11.3 Å². The lowest BCUT2D eigenvalue weighted by molar-refractivity contribution is -0.138. The van der Waals surface area contributed by atoms with Crippen molar-refractivity contribution >= 4 is 72.0 Å². The molecule has 3 N–H and O–H groups in total. The molecule has 78 heavy (non-hydrogen) atoms. The first-order valence-corrected chi connectivity index (χ1v) is 31.1. The van der Waals surface area contributed by atoms with Crippen LogP contribution in [-0.4, -0.2) is 176 Å². The number of likely N-dealkylation sites (tertiary alicyclic amines) is 2. The van der Waals surface area contributed by atoms with E-state index in [4.69, 9.17) is 16.3 Å². The fourth-order valence-electron chi connectivity index (χ4n) is 11.7. The fraction of sp³-hybridized carbons (Fsp3) is 0.500. The van der Waals surface area contributed by atoms with Crippen LogP contribution >= 0.6 is 23.4 Å². The molecule has 9 rings (SSSR count). The number of nitrogens with zero attached hydrogens (tertiary/aromatic N) is 5. The molecule has 4 aromatic rings. The number of hydrogen-bond acceptors (Lipinski definition) is 14. The highest BCUT2D eigenvalue weighted by molar-refractivity contribution is 7.99. The largest absolute Gasteiger partial charge is 0.501 e. The van der Waals surface area contributed by atoms with Crippen LogP contribution in [0.4, 0.5) is 24.5 Å². The van der Waals surface area contributed by atoms with Gasteiger partial charge in [-0.05, 0) is 154 Å². The van der Waals surface area contributed by atoms with E-state index in [0.29, 0.717) is 75.1 Å². The van der Waals surface area contributed by atoms with Gasteiger partial charge in [-0.3, -0.25) is 24.3 Å². The number of alkyl halides is 3. The molecule has 1 amide bonds. The van der Waals surface area contributed by atoms with Gasteiger partial charge in [-0.15, -0.1) is 11.8 Å². The minimum absolute atomic E-state index is 0.0130. The lowest BCUT2D eigenvalue weighted by Crippen LogP contribution is -2.47. The highest BCUT2D eigenvalue weighted by Gasteiger charge is 2.49. The lowest BCUT2D eigenvalue weighted by atomic mass is 9.69. The van der Waals surface area contributed by atoms with Crippen LogP contribution in [0.3, 0.4) is 0 Å². The third kappa shape index (κ3) is 14.8. The third-order valence-electron chi connectivity index (χ3n) is 16.0. The van der Waals surface area contributed by atoms with Gasteiger partial charge in [0.05, 0.1) is 30.3 Å². The van der Waals surface area contributed by atoms with Crippen molar-refractivity contribution in [3.63, 3.8) is 0 Å². The molecule has 0 radical (unpaired) electrons. The molecule has 15 nitrogen and oxygen atoms in total. The summed E-state index contributed by atoms with van der Waals surface area (Å²) in [5, 5.41) is 12.9. The second-order valence-corrected chi connectivity index (χ2v) is 26.5. The van der Waals surface area contributed by atoms with Crippen LogP contribution in [0, 0.1) is 11.3 Å². The van der Waals surface area contributed by atoms with E-state index in [-0.39, 0.29) is 17.5 Å². The summed E-state index contributed by atoms with van der Waals surface area (Å²) in [7, 11) is -10.9. The quantitative estimate of drug-likeness (QED) is 0.0722. The van der Waals surface area contributed by atoms with Crippen LogP contribution in [-0.2, 0) is 29.4 Å². The van der Waals surface area contributed by atoms with Gasteiger partial charge in [-0.2, -0.15) is 13.2 Å². The minimum atomic E-state index is -6.08. The number of ether oxygens (including phenoxy) is 1. The number of carbonyl (C=O) groups excluding carboxylic acids is 1. The third-order valence-corrected chi connectivity index (χ3v) is 20.3. The number of carboxylic acids is 1. The zero-order chi connectivity index (χ0) is 55.1. The van der Waals surface area contributed by atoms with Crippen LogP contribution in [0.15, 0.2) is 117 Å². The topological polar surface area (TPSA) is 172 Å². The first kappa shape index (κ1) is 58.0. The fourth-order valence-corrected chi connectivity index (χ4v) is 14.9. The molecule has 422 valence electrons. The zero-order valence-corrected chi connectivity index (χ0v) is 46.8. The van der Waals surface area contributed by atoms with Crippen LogP contribution < -0.4 is 14.9 Å². The first-order chi connectivity index (χ1) is 37.3. The Morgan fingerprint density at radius 1 is 0.808 bits per heavy atom. The van der Waals surface area contributed by atoms with Crippen molar-refractivity contribution in [2.75, 3.05) is 121 Å². The van der Waals surface area contributed by atoms with Gasteiger partial charge in [-0.25, -0.2) is 21.6 Å². The molecular weight excluding hydrogens is 1090 g/mol. The second-order valence-electron chi connectivity index (χ2n) is 21.4. The smallest absolute Gasteiger partial charge is 0.480 e. The average Bonchev–Trinajstić information content (AvgIpc) is 3.95. The van der Waals surface area contributed by atoms with E-state index in [1.54, 1.807) is 12.1 Å². The second kappa shape index (κ2) is 25.4. The summed E-state index contributed by atoms with van der Waals surface area (Å²) in [6.45, 7) is 11.8. The lowest BCUT2D eigenvalue weighted by Gasteiger charge is -2.41. The van der Waals surface area contributed by atoms with Crippen LogP contribution in [0.2, 0.25) is 5.02 Å². The van der Waals surface area contributed by atoms with Gasteiger partial charge in [0, 0.05) is 98.4 Å². The van der Waals surface area contributed by atoms with Crippen LogP contribution in [0.25, 0.3) is 5.57 Å². The number of amides is 1. The number of anilines is 2. The number of sulfone groups is 1. The Labute approximate surface area is 465 Å². The zero-order valence-electron chi connectivity index (χ0n) is 43.6. The Morgan fingerprint density at radius 3 is 2.19 bits per heavy atom. The van der Waals surface area contributed by atoms with E-state index in [2.05, 4.69) is 37.0 Å². The number of thioether (sulfide) groups is 1. The number of sulfonamides is 1. The molecule has 0 bridgehead atoms. The summed E-state index contributed by atoms with van der Waals surface area (Å²) >= 11 is 7.78. The highest BCUT2D eigenvalue weighted by atomic mass is 35.5. The molecule has 4 aromatic carbocycles. The number of aliphatic carboxylic acids is 1. The Bertz CT molecular complexity index is 2970. The van der Waals surface area contributed by atoms with E-state index >= 15 is 0 Å². The Morgan fingerprint density at radius 2 is 1.51 bits per heavy atom. The number of morpholine rings is 1. The van der Waals surface area contributed by atoms with Gasteiger partial charge in [0.25, 0.3) is 25.8 Å². The summed E-state index contributed by atoms with van der Waals surface area (Å²) in [4.78, 5) is 35.1. The number of piperidine rings is 1. The molecule has 0 saturated carbocycles. The summed E-state index contributed by atoms with van der Waals surface area (Å²) in [5.41, 5.74) is -1.06. The molecule has 4 aliphatic heterocycles. The molecule has 4 saturated heterocycles. The van der Waals surface area contributed by atoms with Crippen molar-refractivity contribution in [3.8, 4) is 0 Å². The molecule has 5 aliphatic rings. The van der Waals surface area contributed by atoms with Gasteiger partial charge in [0.1, 0.15) is 4.90 Å². The SMILES string of the molecule is O=C(O)CN1CCC(CN2CCC3(CCC(c4ccc(Cl)cc4)=C(CN4CCN(c5ccc(C(=O)NS(=O)(=O)c6ccc(N[C@H](CCN7CCOCC7)CSc7ccccc7)c(S(=O)(=O)C(F)(F)F)c6)cc5)CC4)C3)C2)CC1. The number of rotatable bonds is 20. The highest BCUT2D eigenvalue weighted by Crippen LogP contribution is 2.49. The Kier molecular flexibility index (Phi) is 18.9. The maximum Gasteiger partial charge on any atom is 0.501 e. The molecule has 4 fully saturated rings. The predicted molar refractivity (Wildman–Crippen MR) is 298 cm³/mol. The number of piperazine rings is 1. The van der Waals surface area contributed by atoms with Gasteiger partial charge in [0.15, 0.2) is 0 Å². The maximum atomic E-state index is 14.3. The summed E-state index contributed by atoms with van der Waals surface area (Å²) in [6.07, 6.45) is 6.79. The van der Waals surface area contributed by atoms with E-state index < -0.39 is 58.8 Å². The minimum Gasteiger partial charge on any atom is -0.480 e. The molecule has 1 spiro atoms. The molecule has 22 heteroatoms. The van der Waals surface area contributed by atoms with Crippen LogP contribution in [0.5, 0.6) is 0 Å². The van der Waals surface area contributed by atoms with E-state index in [0.717, 1.165) is 114 Å². The predicted octanol–water partition coefficient (Wildman–Crippen LogP) is 8.30. The normalized spacial score (nSPS) is 21.3. The summed E-state index contributed by atoms with van der Waals surface area (Å²) < 4.78 is 104. The number of nitrogens with one attached hydrogen (secondary N) is 2. The van der Waals surface area contributed by atoms with Gasteiger partial charge in [-0.1, -0.05) is 47.5 Å². The van der Waals surface area contributed by atoms with Gasteiger partial charge in [0.2, 0.25) is 0 Å². The average molecular weight is 1160 g/mol. The monoisotopic (exact) mass is 1160 g/mol. The summed E-state index contributed by atoms with van der Waals surface area (Å²) in [6, 6.07) is 25.9. The van der Waals surface area contributed by atoms with Crippen molar-refractivity contribution in [1.29, 1.82) is 0 Å². The molecule has 0 aromatic heterocycles. The van der Waals surface area contributed by atoms with E-state index in [1.807, 2.05) is 52.1 Å². The maximum absolute atomic E-state index is 14.3. The van der Waals surface area contributed by atoms with Crippen molar-refractivity contribution < 1.29 is 49.4 Å². The molecular formula is C56H69ClF3N7O8S3. The number of hydrogen-bond donors (Lipinski definition) is 3. The molecule has 1 aliphatic carbocycles. The first-order valence-electron chi connectivity index (χ1n) is 26.8. The Balaban J connectivity index is 0.826. The van der Waals surface area contributed by atoms with Crippen LogP contribution in [0.1, 0.15) is 60.9 Å². The molecule has 4 heterocycles. The van der Waals surface area contributed by atoms with E-state index in [1.165, 1.54) is 40.6 Å². The van der Waals surface area contributed by atoms with Gasteiger partial charge >= 0.3 is 11.5 Å². The number of allylic oxidation sites excluding steroid dienone is 1. The summed E-state index contributed by atoms with van der Waals surface area (Å²) in [5.74, 6) is -0.866. The number of carboxylic acid groups (broad SMARTS) is 1. The van der Waals surface area contributed by atoms with E-state index in [9.17, 15) is 44.7 Å². The van der Waals surface area contributed by atoms with Crippen molar-refractivity contribution in [1.82, 2.24) is 24.3 Å². The number of halogens is 4. The standard InChI is InChI=1S/C56H69ClF3N7O8S3/c57-45-10-6-42(7-11-45)50-16-20-55(21-25-66(40-55)36-41-17-22-64(23-18-41)38-53(68)69)35-44(50)37-65-26-28-67(29-27-65)47-12-8-43(9-13-47)54(70)62-78(73,74)49-14-15-51(52(34-49)77(71,72)56(58,59)60)61-46(19-24-63-30-32-75-33-31-63)39-76-48-4-2-1-3-5-48/h1-15,34,41,46,61H,16-33,35-40H2,(H,62,70)(H,68,69)/t46-,55?/m1/s1. The Hall–Kier alpha value is -4.71. The van der Waals surface area contributed by atoms with Gasteiger partial charge < -0.3 is 25.0 Å². The molecule has 2 atom stereocenters. The molecule has 1 unspecified atom stereocenters. The van der Waals surface area contributed by atoms with Crippen molar-refractivity contribution in [2.45, 2.75) is 71.2 Å². The number of benzene rings is 4.